The summed E-state index contributed by atoms with van der Waals surface area (Å²) in [5, 5.41) is 4.04. The Balaban J connectivity index is 1.99. The topological polar surface area (TPSA) is 34.2 Å². The molecule has 0 atom stereocenters. The van der Waals surface area contributed by atoms with Crippen LogP contribution in [0, 0.1) is 6.92 Å². The Morgan fingerprint density at radius 3 is 2.78 bits per heavy atom. The third kappa shape index (κ3) is 3.01. The summed E-state index contributed by atoms with van der Waals surface area (Å²) in [5.74, 6) is 0.953. The van der Waals surface area contributed by atoms with Crippen molar-refractivity contribution in [2.45, 2.75) is 19.8 Å². The lowest BCUT2D eigenvalue weighted by Gasteiger charge is -2.06. The summed E-state index contributed by atoms with van der Waals surface area (Å²) in [6, 6.07) is 6.36. The second kappa shape index (κ2) is 5.87. The van der Waals surface area contributed by atoms with Crippen LogP contribution in [0.15, 0.2) is 24.4 Å². The minimum atomic E-state index is 0.953. The van der Waals surface area contributed by atoms with Gasteiger partial charge in [-0.05, 0) is 37.0 Å². The van der Waals surface area contributed by atoms with Crippen LogP contribution in [0.3, 0.4) is 0 Å². The second-order valence-electron chi connectivity index (χ2n) is 4.19. The van der Waals surface area contributed by atoms with Gasteiger partial charge in [0.2, 0.25) is 0 Å². The molecule has 4 heteroatoms. The highest BCUT2D eigenvalue weighted by Gasteiger charge is 2.03. The minimum absolute atomic E-state index is 0.953. The first kappa shape index (κ1) is 12.9. The lowest BCUT2D eigenvalue weighted by atomic mass is 10.1. The van der Waals surface area contributed by atoms with Gasteiger partial charge in [0.15, 0.2) is 5.13 Å². The number of ether oxygens (including phenoxy) is 1. The quantitative estimate of drug-likeness (QED) is 0.898. The monoisotopic (exact) mass is 262 g/mol. The lowest BCUT2D eigenvalue weighted by Crippen LogP contribution is -1.92. The summed E-state index contributed by atoms with van der Waals surface area (Å²) in [5.41, 5.74) is 2.53. The van der Waals surface area contributed by atoms with Crippen molar-refractivity contribution >= 4 is 16.5 Å². The van der Waals surface area contributed by atoms with E-state index in [4.69, 9.17) is 4.74 Å². The van der Waals surface area contributed by atoms with Crippen molar-refractivity contribution < 1.29 is 4.74 Å². The van der Waals surface area contributed by atoms with E-state index in [0.717, 1.165) is 23.7 Å². The number of nitrogens with one attached hydrogen (secondary N) is 1. The molecule has 0 aliphatic heterocycles. The van der Waals surface area contributed by atoms with Gasteiger partial charge in [-0.2, -0.15) is 0 Å². The Bertz CT molecular complexity index is 522. The first-order chi connectivity index (χ1) is 8.72. The van der Waals surface area contributed by atoms with Crippen LogP contribution in [0.1, 0.15) is 16.0 Å². The fourth-order valence-corrected chi connectivity index (χ4v) is 2.67. The maximum absolute atomic E-state index is 5.26. The standard InChI is InChI=1S/C14H18N2OS/c1-10-8-11(5-7-13(10)17-3)4-6-12-9-16-14(15-2)18-12/h5,7-9H,4,6H2,1-3H3,(H,15,16). The van der Waals surface area contributed by atoms with Crippen molar-refractivity contribution in [1.29, 1.82) is 0 Å². The van der Waals surface area contributed by atoms with Crippen molar-refractivity contribution in [2.24, 2.45) is 0 Å². The fraction of sp³-hybridized carbons (Fsp3) is 0.357. The van der Waals surface area contributed by atoms with Gasteiger partial charge in [-0.15, -0.1) is 11.3 Å². The van der Waals surface area contributed by atoms with Gasteiger partial charge in [0.25, 0.3) is 0 Å². The normalized spacial score (nSPS) is 10.4. The van der Waals surface area contributed by atoms with Crippen molar-refractivity contribution in [3.8, 4) is 5.75 Å². The van der Waals surface area contributed by atoms with Gasteiger partial charge < -0.3 is 10.1 Å². The Hall–Kier alpha value is -1.55. The molecule has 0 fully saturated rings. The molecule has 0 saturated heterocycles. The Kier molecular flexibility index (Phi) is 4.20. The first-order valence-electron chi connectivity index (χ1n) is 5.99. The molecular weight excluding hydrogens is 244 g/mol. The van der Waals surface area contributed by atoms with Gasteiger partial charge in [0.05, 0.1) is 7.11 Å². The van der Waals surface area contributed by atoms with Gasteiger partial charge in [-0.25, -0.2) is 4.98 Å². The van der Waals surface area contributed by atoms with E-state index in [1.165, 1.54) is 16.0 Å². The van der Waals surface area contributed by atoms with E-state index in [-0.39, 0.29) is 0 Å². The molecule has 1 N–H and O–H groups in total. The summed E-state index contributed by atoms with van der Waals surface area (Å²) in [4.78, 5) is 5.59. The molecule has 0 aliphatic carbocycles. The van der Waals surface area contributed by atoms with Crippen molar-refractivity contribution in [2.75, 3.05) is 19.5 Å². The molecule has 3 nitrogen and oxygen atoms in total. The molecule has 2 aromatic rings. The third-order valence-electron chi connectivity index (χ3n) is 2.89. The highest BCUT2D eigenvalue weighted by molar-refractivity contribution is 7.15. The highest BCUT2D eigenvalue weighted by atomic mass is 32.1. The smallest absolute Gasteiger partial charge is 0.182 e. The summed E-state index contributed by atoms with van der Waals surface area (Å²) >= 11 is 1.72. The zero-order chi connectivity index (χ0) is 13.0. The van der Waals surface area contributed by atoms with E-state index < -0.39 is 0 Å². The number of hydrogen-bond acceptors (Lipinski definition) is 4. The van der Waals surface area contributed by atoms with Gasteiger partial charge in [0.1, 0.15) is 5.75 Å². The molecule has 0 bridgehead atoms. The van der Waals surface area contributed by atoms with E-state index in [9.17, 15) is 0 Å². The van der Waals surface area contributed by atoms with Crippen molar-refractivity contribution in [1.82, 2.24) is 4.98 Å². The van der Waals surface area contributed by atoms with Crippen LogP contribution < -0.4 is 10.1 Å². The maximum atomic E-state index is 5.26. The highest BCUT2D eigenvalue weighted by Crippen LogP contribution is 2.22. The Morgan fingerprint density at radius 1 is 1.33 bits per heavy atom. The number of nitrogens with zero attached hydrogens (tertiary/aromatic N) is 1. The predicted octanol–water partition coefficient (Wildman–Crippen LogP) is 3.29. The molecule has 0 spiro atoms. The van der Waals surface area contributed by atoms with Gasteiger partial charge >= 0.3 is 0 Å². The molecular formula is C14H18N2OS. The Morgan fingerprint density at radius 2 is 2.17 bits per heavy atom. The molecule has 1 heterocycles. The van der Waals surface area contributed by atoms with Gasteiger partial charge in [0, 0.05) is 18.1 Å². The number of methoxy groups -OCH3 is 1. The van der Waals surface area contributed by atoms with Crippen LogP contribution in [0.5, 0.6) is 5.75 Å². The molecule has 96 valence electrons. The summed E-state index contributed by atoms with van der Waals surface area (Å²) in [6.45, 7) is 2.08. The van der Waals surface area contributed by atoms with E-state index in [2.05, 4.69) is 29.4 Å². The van der Waals surface area contributed by atoms with Crippen molar-refractivity contribution in [3.63, 3.8) is 0 Å². The van der Waals surface area contributed by atoms with Gasteiger partial charge in [-0.3, -0.25) is 0 Å². The van der Waals surface area contributed by atoms with Gasteiger partial charge in [-0.1, -0.05) is 12.1 Å². The first-order valence-corrected chi connectivity index (χ1v) is 6.80. The molecule has 0 radical (unpaired) electrons. The number of aromatic nitrogens is 1. The van der Waals surface area contributed by atoms with E-state index >= 15 is 0 Å². The number of hydrogen-bond donors (Lipinski definition) is 1. The van der Waals surface area contributed by atoms with Crippen LogP contribution >= 0.6 is 11.3 Å². The summed E-state index contributed by atoms with van der Waals surface area (Å²) in [7, 11) is 3.61. The Labute approximate surface area is 112 Å². The van der Waals surface area contributed by atoms with E-state index in [0.29, 0.717) is 0 Å². The largest absolute Gasteiger partial charge is 0.496 e. The van der Waals surface area contributed by atoms with E-state index in [1.807, 2.05) is 19.3 Å². The average Bonchev–Trinajstić information content (AvgIpc) is 2.84. The zero-order valence-corrected chi connectivity index (χ0v) is 11.8. The number of aryl methyl sites for hydroxylation is 3. The third-order valence-corrected chi connectivity index (χ3v) is 3.96. The predicted molar refractivity (Wildman–Crippen MR) is 76.8 cm³/mol. The number of rotatable bonds is 5. The molecule has 0 unspecified atom stereocenters. The van der Waals surface area contributed by atoms with E-state index in [1.54, 1.807) is 18.4 Å². The molecule has 0 amide bonds. The van der Waals surface area contributed by atoms with Crippen molar-refractivity contribution in [3.05, 3.63) is 40.4 Å². The number of thiazole rings is 1. The van der Waals surface area contributed by atoms with Crippen LogP contribution in [-0.4, -0.2) is 19.1 Å². The average molecular weight is 262 g/mol. The molecule has 1 aromatic heterocycles. The molecule has 1 aromatic carbocycles. The molecule has 0 aliphatic rings. The van der Waals surface area contributed by atoms with Crippen LogP contribution in [0.4, 0.5) is 5.13 Å². The number of anilines is 1. The molecule has 2 rings (SSSR count). The molecule has 0 saturated carbocycles. The van der Waals surface area contributed by atoms with Crippen LogP contribution in [0.2, 0.25) is 0 Å². The molecule has 18 heavy (non-hydrogen) atoms. The minimum Gasteiger partial charge on any atom is -0.496 e. The maximum Gasteiger partial charge on any atom is 0.182 e. The zero-order valence-electron chi connectivity index (χ0n) is 11.0. The fourth-order valence-electron chi connectivity index (χ4n) is 1.90. The van der Waals surface area contributed by atoms with Crippen LogP contribution in [-0.2, 0) is 12.8 Å². The second-order valence-corrected chi connectivity index (χ2v) is 5.30. The summed E-state index contributed by atoms with van der Waals surface area (Å²) in [6.07, 6.45) is 4.02. The SMILES string of the molecule is CNc1ncc(CCc2ccc(OC)c(C)c2)s1. The number of benzene rings is 1. The van der Waals surface area contributed by atoms with Crippen LogP contribution in [0.25, 0.3) is 0 Å². The lowest BCUT2D eigenvalue weighted by molar-refractivity contribution is 0.411. The summed E-state index contributed by atoms with van der Waals surface area (Å²) < 4.78 is 5.26.